The van der Waals surface area contributed by atoms with Gasteiger partial charge in [-0.3, -0.25) is 9.89 Å². The van der Waals surface area contributed by atoms with Crippen LogP contribution >= 0.6 is 0 Å². The van der Waals surface area contributed by atoms with E-state index in [1.54, 1.807) is 0 Å². The number of hydrogen-bond donors (Lipinski definition) is 3. The van der Waals surface area contributed by atoms with Crippen molar-refractivity contribution >= 4 is 11.6 Å². The molecule has 0 aliphatic carbocycles. The fourth-order valence-electron chi connectivity index (χ4n) is 2.30. The summed E-state index contributed by atoms with van der Waals surface area (Å²) < 4.78 is 46.3. The summed E-state index contributed by atoms with van der Waals surface area (Å²) in [5, 5.41) is 12.5. The number of morpholine rings is 1. The Morgan fingerprint density at radius 3 is 2.72 bits per heavy atom. The number of alkyl halides is 3. The van der Waals surface area contributed by atoms with Crippen LogP contribution in [0.15, 0.2) is 29.3 Å². The van der Waals surface area contributed by atoms with Crippen molar-refractivity contribution in [1.82, 2.24) is 4.90 Å². The van der Waals surface area contributed by atoms with Crippen LogP contribution < -0.4 is 15.8 Å². The zero-order valence-electron chi connectivity index (χ0n) is 13.5. The molecule has 1 atom stereocenters. The fraction of sp³-hybridized carbons (Fsp3) is 0.533. The quantitative estimate of drug-likeness (QED) is 0.517. The number of nitrogens with one attached hydrogen (secondary N) is 1. The van der Waals surface area contributed by atoms with E-state index in [1.165, 1.54) is 18.2 Å². The summed E-state index contributed by atoms with van der Waals surface area (Å²) in [4.78, 5) is 6.00. The lowest BCUT2D eigenvalue weighted by Gasteiger charge is -2.28. The average molecular weight is 362 g/mol. The molecular weight excluding hydrogens is 341 g/mol. The number of anilines is 1. The molecule has 1 aromatic rings. The Bertz CT molecular complexity index is 577. The molecule has 140 valence electrons. The van der Waals surface area contributed by atoms with Gasteiger partial charge in [0.05, 0.1) is 31.5 Å². The smallest absolute Gasteiger partial charge is 0.404 e. The molecule has 0 spiro atoms. The lowest BCUT2D eigenvalue weighted by atomic mass is 10.3. The van der Waals surface area contributed by atoms with Gasteiger partial charge in [-0.25, -0.2) is 0 Å². The Labute approximate surface area is 143 Å². The van der Waals surface area contributed by atoms with Crippen molar-refractivity contribution in [3.8, 4) is 5.75 Å². The summed E-state index contributed by atoms with van der Waals surface area (Å²) in [7, 11) is 0. The number of hydrogen-bond acceptors (Lipinski definition) is 5. The molecule has 0 aromatic heterocycles. The first-order chi connectivity index (χ1) is 11.8. The van der Waals surface area contributed by atoms with Crippen molar-refractivity contribution in [2.45, 2.75) is 12.5 Å². The molecule has 0 amide bonds. The predicted molar refractivity (Wildman–Crippen MR) is 86.5 cm³/mol. The molecule has 1 unspecified atom stereocenters. The number of aliphatic imine (C=N–C) groups is 1. The maximum atomic E-state index is 12.4. The molecule has 1 heterocycles. The molecule has 1 saturated heterocycles. The van der Waals surface area contributed by atoms with Crippen LogP contribution in [0.3, 0.4) is 0 Å². The molecule has 0 radical (unpaired) electrons. The summed E-state index contributed by atoms with van der Waals surface area (Å²) in [6.07, 6.45) is -5.54. The molecule has 10 heteroatoms. The van der Waals surface area contributed by atoms with Crippen LogP contribution in [0.2, 0.25) is 0 Å². The molecule has 2 rings (SSSR count). The van der Waals surface area contributed by atoms with E-state index in [9.17, 15) is 18.3 Å². The molecule has 1 aliphatic rings. The maximum Gasteiger partial charge on any atom is 0.573 e. The van der Waals surface area contributed by atoms with E-state index in [4.69, 9.17) is 10.5 Å². The van der Waals surface area contributed by atoms with Gasteiger partial charge in [-0.15, -0.1) is 13.2 Å². The Morgan fingerprint density at radius 2 is 2.04 bits per heavy atom. The molecular formula is C15H21F3N4O3. The second kappa shape index (κ2) is 8.88. The van der Waals surface area contributed by atoms with E-state index in [0.29, 0.717) is 19.8 Å². The van der Waals surface area contributed by atoms with Crippen LogP contribution in [-0.4, -0.2) is 67.8 Å². The Hall–Kier alpha value is -2.04. The van der Waals surface area contributed by atoms with Crippen molar-refractivity contribution in [3.05, 3.63) is 24.3 Å². The van der Waals surface area contributed by atoms with Crippen molar-refractivity contribution in [3.63, 3.8) is 0 Å². The molecule has 0 saturated carbocycles. The SMILES string of the molecule is NC(=NCC(O)CN1CCOCC1)Nc1ccccc1OC(F)(F)F. The van der Waals surface area contributed by atoms with Gasteiger partial charge in [0.15, 0.2) is 11.7 Å². The number of β-amino-alcohol motifs (C(OH)–C–C–N with tert-alkyl or cyclic N) is 1. The monoisotopic (exact) mass is 362 g/mol. The lowest BCUT2D eigenvalue weighted by molar-refractivity contribution is -0.274. The maximum absolute atomic E-state index is 12.4. The van der Waals surface area contributed by atoms with Crippen LogP contribution in [0.4, 0.5) is 18.9 Å². The van der Waals surface area contributed by atoms with Gasteiger partial charge >= 0.3 is 6.36 Å². The van der Waals surface area contributed by atoms with Crippen molar-refractivity contribution < 1.29 is 27.8 Å². The van der Waals surface area contributed by atoms with Crippen molar-refractivity contribution in [2.75, 3.05) is 44.7 Å². The number of benzene rings is 1. The fourth-order valence-corrected chi connectivity index (χ4v) is 2.30. The molecule has 1 aliphatic heterocycles. The number of halogens is 3. The minimum atomic E-state index is -4.81. The zero-order valence-corrected chi connectivity index (χ0v) is 13.5. The van der Waals surface area contributed by atoms with Gasteiger partial charge < -0.3 is 25.6 Å². The van der Waals surface area contributed by atoms with Crippen LogP contribution in [0, 0.1) is 0 Å². The summed E-state index contributed by atoms with van der Waals surface area (Å²) in [5.41, 5.74) is 5.71. The number of guanidine groups is 1. The molecule has 1 aromatic carbocycles. The normalized spacial score (nSPS) is 18.0. The highest BCUT2D eigenvalue weighted by molar-refractivity contribution is 5.93. The van der Waals surface area contributed by atoms with Gasteiger partial charge in [-0.2, -0.15) is 0 Å². The summed E-state index contributed by atoms with van der Waals surface area (Å²) >= 11 is 0. The topological polar surface area (TPSA) is 92.3 Å². The summed E-state index contributed by atoms with van der Waals surface area (Å²) in [5.74, 6) is -0.527. The van der Waals surface area contributed by atoms with Gasteiger partial charge in [0.1, 0.15) is 0 Å². The van der Waals surface area contributed by atoms with Gasteiger partial charge in [0.25, 0.3) is 0 Å². The number of aliphatic hydroxyl groups excluding tert-OH is 1. The van der Waals surface area contributed by atoms with E-state index in [2.05, 4.69) is 15.0 Å². The van der Waals surface area contributed by atoms with Crippen LogP contribution in [0.25, 0.3) is 0 Å². The number of nitrogens with two attached hydrogens (primary N) is 1. The average Bonchev–Trinajstić information content (AvgIpc) is 2.54. The third-order valence-corrected chi connectivity index (χ3v) is 3.42. The van der Waals surface area contributed by atoms with Gasteiger partial charge in [0.2, 0.25) is 0 Å². The molecule has 7 nitrogen and oxygen atoms in total. The summed E-state index contributed by atoms with van der Waals surface area (Å²) in [6, 6.07) is 5.49. The highest BCUT2D eigenvalue weighted by atomic mass is 19.4. The number of ether oxygens (including phenoxy) is 2. The highest BCUT2D eigenvalue weighted by Crippen LogP contribution is 2.29. The first kappa shape index (κ1) is 19.3. The standard InChI is InChI=1S/C15H21F3N4O3/c16-15(17,18)25-13-4-2-1-3-12(13)21-14(19)20-9-11(23)10-22-5-7-24-8-6-22/h1-4,11,23H,5-10H2,(H3,19,20,21). The van der Waals surface area contributed by atoms with E-state index < -0.39 is 18.2 Å². The van der Waals surface area contributed by atoms with Crippen LogP contribution in [0.1, 0.15) is 0 Å². The van der Waals surface area contributed by atoms with E-state index in [-0.39, 0.29) is 18.2 Å². The van der Waals surface area contributed by atoms with E-state index >= 15 is 0 Å². The van der Waals surface area contributed by atoms with E-state index in [0.717, 1.165) is 19.2 Å². The Kier molecular flexibility index (Phi) is 6.85. The summed E-state index contributed by atoms with van der Waals surface area (Å²) in [6.45, 7) is 3.16. The first-order valence-corrected chi connectivity index (χ1v) is 7.73. The third-order valence-electron chi connectivity index (χ3n) is 3.42. The number of aliphatic hydroxyl groups is 1. The second-order valence-corrected chi connectivity index (χ2v) is 5.46. The highest BCUT2D eigenvalue weighted by Gasteiger charge is 2.32. The largest absolute Gasteiger partial charge is 0.573 e. The molecule has 0 bridgehead atoms. The number of rotatable bonds is 6. The second-order valence-electron chi connectivity index (χ2n) is 5.46. The minimum Gasteiger partial charge on any atom is -0.404 e. The predicted octanol–water partition coefficient (Wildman–Crippen LogP) is 1.00. The lowest BCUT2D eigenvalue weighted by Crippen LogP contribution is -2.42. The first-order valence-electron chi connectivity index (χ1n) is 7.73. The van der Waals surface area contributed by atoms with Gasteiger partial charge in [0, 0.05) is 19.6 Å². The molecule has 4 N–H and O–H groups in total. The third kappa shape index (κ3) is 7.16. The van der Waals surface area contributed by atoms with Crippen LogP contribution in [-0.2, 0) is 4.74 Å². The molecule has 1 fully saturated rings. The Balaban J connectivity index is 1.88. The van der Waals surface area contributed by atoms with Gasteiger partial charge in [-0.1, -0.05) is 12.1 Å². The number of nitrogens with zero attached hydrogens (tertiary/aromatic N) is 2. The van der Waals surface area contributed by atoms with Crippen molar-refractivity contribution in [2.24, 2.45) is 10.7 Å². The minimum absolute atomic E-state index is 0.0263. The Morgan fingerprint density at radius 1 is 1.36 bits per heavy atom. The number of para-hydroxylation sites is 2. The van der Waals surface area contributed by atoms with Crippen LogP contribution in [0.5, 0.6) is 5.75 Å². The zero-order chi connectivity index (χ0) is 18.3. The van der Waals surface area contributed by atoms with E-state index in [1.807, 2.05) is 4.90 Å². The van der Waals surface area contributed by atoms with Gasteiger partial charge in [-0.05, 0) is 12.1 Å². The molecule has 25 heavy (non-hydrogen) atoms. The van der Waals surface area contributed by atoms with Crippen molar-refractivity contribution in [1.29, 1.82) is 0 Å².